The van der Waals surface area contributed by atoms with E-state index >= 15 is 0 Å². The van der Waals surface area contributed by atoms with Gasteiger partial charge >= 0.3 is 0 Å². The van der Waals surface area contributed by atoms with Gasteiger partial charge in [-0.15, -0.1) is 0 Å². The molecule has 1 aliphatic carbocycles. The average Bonchev–Trinajstić information content (AvgIpc) is 3.37. The van der Waals surface area contributed by atoms with Crippen LogP contribution in [-0.2, 0) is 6.54 Å². The van der Waals surface area contributed by atoms with Crippen molar-refractivity contribution in [1.29, 1.82) is 0 Å². The highest BCUT2D eigenvalue weighted by molar-refractivity contribution is 6.33. The summed E-state index contributed by atoms with van der Waals surface area (Å²) < 4.78 is 2.16. The molecule has 1 amide bonds. The molecule has 2 aromatic rings. The first-order chi connectivity index (χ1) is 12.1. The molecule has 0 atom stereocenters. The number of halogens is 1. The van der Waals surface area contributed by atoms with Crippen LogP contribution in [0.2, 0.25) is 5.02 Å². The van der Waals surface area contributed by atoms with Gasteiger partial charge in [0.25, 0.3) is 5.91 Å². The van der Waals surface area contributed by atoms with Gasteiger partial charge in [-0.25, -0.2) is 4.98 Å². The van der Waals surface area contributed by atoms with Crippen LogP contribution in [0.1, 0.15) is 55.2 Å². The quantitative estimate of drug-likeness (QED) is 0.685. The monoisotopic (exact) mass is 359 g/mol. The Bertz CT molecular complexity index is 749. The number of nitrogens with one attached hydrogen (secondary N) is 1. The molecule has 1 N–H and O–H groups in total. The number of rotatable bonds is 8. The minimum Gasteiger partial charge on any atom is -0.351 e. The largest absolute Gasteiger partial charge is 0.351 e. The number of nitrogens with zero attached hydrogens (tertiary/aromatic N) is 2. The summed E-state index contributed by atoms with van der Waals surface area (Å²) in [6.45, 7) is 5.66. The van der Waals surface area contributed by atoms with Crippen molar-refractivity contribution in [3.8, 4) is 11.4 Å². The van der Waals surface area contributed by atoms with Gasteiger partial charge in [-0.3, -0.25) is 4.79 Å². The first kappa shape index (κ1) is 18.0. The van der Waals surface area contributed by atoms with Crippen LogP contribution < -0.4 is 5.32 Å². The minimum atomic E-state index is -0.0931. The Labute approximate surface area is 154 Å². The molecule has 5 heteroatoms. The lowest BCUT2D eigenvalue weighted by Crippen LogP contribution is -2.25. The number of aromatic nitrogens is 2. The van der Waals surface area contributed by atoms with Gasteiger partial charge in [-0.2, -0.15) is 0 Å². The Morgan fingerprint density at radius 2 is 2.12 bits per heavy atom. The molecular formula is C20H26ClN3O. The van der Waals surface area contributed by atoms with Gasteiger partial charge in [-0.1, -0.05) is 49.9 Å². The van der Waals surface area contributed by atoms with Gasteiger partial charge in [0.1, 0.15) is 11.5 Å². The number of hydrogen-bond acceptors (Lipinski definition) is 2. The maximum Gasteiger partial charge on any atom is 0.271 e. The summed E-state index contributed by atoms with van der Waals surface area (Å²) in [5, 5.41) is 3.64. The summed E-state index contributed by atoms with van der Waals surface area (Å²) >= 11 is 6.40. The number of carbonyl (C=O) groups is 1. The van der Waals surface area contributed by atoms with Crippen LogP contribution in [0.3, 0.4) is 0 Å². The van der Waals surface area contributed by atoms with E-state index in [1.807, 2.05) is 31.2 Å². The number of benzene rings is 1. The van der Waals surface area contributed by atoms with E-state index in [0.717, 1.165) is 48.8 Å². The van der Waals surface area contributed by atoms with Gasteiger partial charge < -0.3 is 9.88 Å². The zero-order chi connectivity index (χ0) is 17.8. The number of amides is 1. The summed E-state index contributed by atoms with van der Waals surface area (Å²) in [6, 6.07) is 7.70. The molecule has 4 nitrogen and oxygen atoms in total. The lowest BCUT2D eigenvalue weighted by Gasteiger charge is -2.11. The molecule has 0 spiro atoms. The second-order valence-electron chi connectivity index (χ2n) is 6.84. The summed E-state index contributed by atoms with van der Waals surface area (Å²) in [4.78, 5) is 17.2. The Balaban J connectivity index is 1.92. The molecule has 1 aromatic carbocycles. The van der Waals surface area contributed by atoms with E-state index in [9.17, 15) is 4.79 Å². The highest BCUT2D eigenvalue weighted by atomic mass is 35.5. The van der Waals surface area contributed by atoms with Gasteiger partial charge in [0.2, 0.25) is 0 Å². The van der Waals surface area contributed by atoms with Crippen molar-refractivity contribution in [2.24, 2.45) is 5.92 Å². The SMILES string of the molecule is CCCCNC(=O)c1nc(-c2ccccc2Cl)n(CCC2CC2)c1C. The van der Waals surface area contributed by atoms with E-state index in [0.29, 0.717) is 17.3 Å². The molecule has 1 fully saturated rings. The van der Waals surface area contributed by atoms with E-state index in [1.165, 1.54) is 12.8 Å². The average molecular weight is 360 g/mol. The molecule has 0 bridgehead atoms. The standard InChI is InChI=1S/C20H26ClN3O/c1-3-4-12-22-20(25)18-14(2)24(13-11-15-9-10-15)19(23-18)16-7-5-6-8-17(16)21/h5-8,15H,3-4,9-13H2,1-2H3,(H,22,25). The van der Waals surface area contributed by atoms with Crippen molar-refractivity contribution < 1.29 is 4.79 Å². The molecule has 1 heterocycles. The lowest BCUT2D eigenvalue weighted by atomic mass is 10.2. The molecule has 1 saturated carbocycles. The molecule has 0 unspecified atom stereocenters. The van der Waals surface area contributed by atoms with E-state index in [4.69, 9.17) is 11.6 Å². The van der Waals surface area contributed by atoms with Gasteiger partial charge in [0.15, 0.2) is 0 Å². The molecule has 1 aromatic heterocycles. The Morgan fingerprint density at radius 3 is 2.80 bits per heavy atom. The Hall–Kier alpha value is -1.81. The molecule has 0 saturated heterocycles. The molecule has 0 aliphatic heterocycles. The molecular weight excluding hydrogens is 334 g/mol. The van der Waals surface area contributed by atoms with Crippen LogP contribution in [0.15, 0.2) is 24.3 Å². The minimum absolute atomic E-state index is 0.0931. The van der Waals surface area contributed by atoms with Crippen LogP contribution in [0.25, 0.3) is 11.4 Å². The van der Waals surface area contributed by atoms with Crippen molar-refractivity contribution in [3.63, 3.8) is 0 Å². The summed E-state index contributed by atoms with van der Waals surface area (Å²) in [7, 11) is 0. The van der Waals surface area contributed by atoms with Crippen LogP contribution in [-0.4, -0.2) is 22.0 Å². The molecule has 25 heavy (non-hydrogen) atoms. The van der Waals surface area contributed by atoms with Crippen LogP contribution in [0.5, 0.6) is 0 Å². The first-order valence-corrected chi connectivity index (χ1v) is 9.59. The number of carbonyl (C=O) groups excluding carboxylic acids is 1. The smallest absolute Gasteiger partial charge is 0.271 e. The molecule has 0 radical (unpaired) electrons. The van der Waals surface area contributed by atoms with Gasteiger partial charge in [0, 0.05) is 24.3 Å². The van der Waals surface area contributed by atoms with E-state index in [1.54, 1.807) is 0 Å². The van der Waals surface area contributed by atoms with Crippen LogP contribution in [0.4, 0.5) is 0 Å². The Morgan fingerprint density at radius 1 is 1.36 bits per heavy atom. The van der Waals surface area contributed by atoms with Crippen molar-refractivity contribution in [2.45, 2.75) is 52.5 Å². The normalized spacial score (nSPS) is 13.9. The number of hydrogen-bond donors (Lipinski definition) is 1. The van der Waals surface area contributed by atoms with E-state index < -0.39 is 0 Å². The van der Waals surface area contributed by atoms with Gasteiger partial charge in [0.05, 0.1) is 5.02 Å². The fourth-order valence-corrected chi connectivity index (χ4v) is 3.27. The molecule has 3 rings (SSSR count). The second kappa shape index (κ2) is 8.05. The topological polar surface area (TPSA) is 46.9 Å². The predicted molar refractivity (Wildman–Crippen MR) is 102 cm³/mol. The zero-order valence-corrected chi connectivity index (χ0v) is 15.8. The highest BCUT2D eigenvalue weighted by Gasteiger charge is 2.25. The van der Waals surface area contributed by atoms with Crippen LogP contribution >= 0.6 is 11.6 Å². The third-order valence-electron chi connectivity index (χ3n) is 4.82. The summed E-state index contributed by atoms with van der Waals surface area (Å²) in [6.07, 6.45) is 5.80. The fourth-order valence-electron chi connectivity index (χ4n) is 3.05. The summed E-state index contributed by atoms with van der Waals surface area (Å²) in [5.74, 6) is 1.52. The van der Waals surface area contributed by atoms with E-state index in [2.05, 4.69) is 21.8 Å². The van der Waals surface area contributed by atoms with Crippen molar-refractivity contribution in [1.82, 2.24) is 14.9 Å². The number of imidazole rings is 1. The van der Waals surface area contributed by atoms with E-state index in [-0.39, 0.29) is 5.91 Å². The third-order valence-corrected chi connectivity index (χ3v) is 5.15. The Kier molecular flexibility index (Phi) is 5.79. The molecule has 134 valence electrons. The summed E-state index contributed by atoms with van der Waals surface area (Å²) in [5.41, 5.74) is 2.32. The first-order valence-electron chi connectivity index (χ1n) is 9.22. The van der Waals surface area contributed by atoms with Gasteiger partial charge in [-0.05, 0) is 37.8 Å². The fraction of sp³-hybridized carbons (Fsp3) is 0.500. The second-order valence-corrected chi connectivity index (χ2v) is 7.25. The predicted octanol–water partition coefficient (Wildman–Crippen LogP) is 4.84. The van der Waals surface area contributed by atoms with Crippen molar-refractivity contribution in [2.75, 3.05) is 6.54 Å². The highest BCUT2D eigenvalue weighted by Crippen LogP contribution is 2.35. The van der Waals surface area contributed by atoms with Crippen LogP contribution in [0, 0.1) is 12.8 Å². The van der Waals surface area contributed by atoms with Crippen molar-refractivity contribution in [3.05, 3.63) is 40.7 Å². The zero-order valence-electron chi connectivity index (χ0n) is 15.0. The molecule has 1 aliphatic rings. The number of unbranched alkanes of at least 4 members (excludes halogenated alkanes) is 1. The maximum atomic E-state index is 12.6. The maximum absolute atomic E-state index is 12.6. The van der Waals surface area contributed by atoms with Crippen molar-refractivity contribution >= 4 is 17.5 Å². The lowest BCUT2D eigenvalue weighted by molar-refractivity contribution is 0.0948. The third kappa shape index (κ3) is 4.24.